The molecule has 4 rings (SSSR count). The second-order valence-electron chi connectivity index (χ2n) is 6.67. The van der Waals surface area contributed by atoms with Crippen LogP contribution in [0.25, 0.3) is 11.0 Å². The predicted molar refractivity (Wildman–Crippen MR) is 93.2 cm³/mol. The second kappa shape index (κ2) is 7.73. The Kier molecular flexibility index (Phi) is 5.80. The van der Waals surface area contributed by atoms with Crippen molar-refractivity contribution in [2.45, 2.75) is 25.4 Å². The minimum atomic E-state index is -4.87. The molecule has 2 aliphatic heterocycles. The fourth-order valence-electron chi connectivity index (χ4n) is 3.71. The Labute approximate surface area is 187 Å². The van der Waals surface area contributed by atoms with E-state index in [2.05, 4.69) is 0 Å². The molecule has 0 radical (unpaired) electrons. The number of β-lactam (4-membered cyclic amide) rings is 1. The van der Waals surface area contributed by atoms with Gasteiger partial charge in [0.25, 0.3) is 11.8 Å². The maximum absolute atomic E-state index is 12.4. The zero-order valence-electron chi connectivity index (χ0n) is 15.7. The van der Waals surface area contributed by atoms with Gasteiger partial charge in [0.05, 0.1) is 6.04 Å². The molecular weight excluding hydrogens is 415 g/mol. The van der Waals surface area contributed by atoms with Crippen molar-refractivity contribution in [3.63, 3.8) is 0 Å². The average Bonchev–Trinajstić information content (AvgIpc) is 2.96. The number of hydrogen-bond acceptors (Lipinski definition) is 8. The number of aryl methyl sites for hydroxylation is 1. The van der Waals surface area contributed by atoms with Crippen LogP contribution < -0.4 is 39.9 Å². The molecule has 0 spiro atoms. The SMILES string of the molecule is Cc1cc(=O)oc2cc(OCC(=O)N3CC[C@@H]4[C@H]3C(=O)N4S(=O)(=O)[O-])ccc12.[Na+]. The summed E-state index contributed by atoms with van der Waals surface area (Å²) in [7, 11) is -4.87. The molecule has 0 saturated carbocycles. The van der Waals surface area contributed by atoms with E-state index in [1.165, 1.54) is 17.0 Å². The summed E-state index contributed by atoms with van der Waals surface area (Å²) in [6.07, 6.45) is 0.212. The zero-order valence-corrected chi connectivity index (χ0v) is 18.5. The van der Waals surface area contributed by atoms with Crippen molar-refractivity contribution >= 4 is 33.1 Å². The van der Waals surface area contributed by atoms with Gasteiger partial charge in [0.1, 0.15) is 17.4 Å². The third-order valence-corrected chi connectivity index (χ3v) is 5.92. The van der Waals surface area contributed by atoms with Crippen molar-refractivity contribution in [3.8, 4) is 5.75 Å². The van der Waals surface area contributed by atoms with Gasteiger partial charge in [0.2, 0.25) is 0 Å². The molecule has 1 aromatic heterocycles. The largest absolute Gasteiger partial charge is 1.00 e. The maximum atomic E-state index is 12.4. The summed E-state index contributed by atoms with van der Waals surface area (Å²) in [5.41, 5.74) is 0.572. The van der Waals surface area contributed by atoms with E-state index in [-0.39, 0.29) is 49.1 Å². The van der Waals surface area contributed by atoms with Crippen LogP contribution in [0.1, 0.15) is 12.0 Å². The van der Waals surface area contributed by atoms with Crippen molar-refractivity contribution in [1.29, 1.82) is 0 Å². The van der Waals surface area contributed by atoms with Gasteiger partial charge in [0, 0.05) is 24.1 Å². The molecule has 2 aliphatic rings. The molecule has 0 aliphatic carbocycles. The van der Waals surface area contributed by atoms with E-state index in [1.807, 2.05) is 0 Å². The number of rotatable bonds is 4. The van der Waals surface area contributed by atoms with Gasteiger partial charge in [-0.3, -0.25) is 9.59 Å². The first kappa shape index (κ1) is 21.8. The van der Waals surface area contributed by atoms with Crippen LogP contribution in [0.3, 0.4) is 0 Å². The number of fused-ring (bicyclic) bond motifs is 2. The summed E-state index contributed by atoms with van der Waals surface area (Å²) in [6.45, 7) is 1.54. The van der Waals surface area contributed by atoms with Crippen molar-refractivity contribution in [1.82, 2.24) is 9.21 Å². The molecule has 2 fully saturated rings. The number of hydrogen-bond donors (Lipinski definition) is 0. The van der Waals surface area contributed by atoms with Crippen LogP contribution in [0, 0.1) is 6.92 Å². The summed E-state index contributed by atoms with van der Waals surface area (Å²) in [5, 5.41) is 0.736. The first-order valence-corrected chi connectivity index (χ1v) is 9.79. The van der Waals surface area contributed by atoms with Gasteiger partial charge in [-0.05, 0) is 31.0 Å². The zero-order chi connectivity index (χ0) is 20.2. The normalized spacial score (nSPS) is 20.8. The van der Waals surface area contributed by atoms with Crippen molar-refractivity contribution in [3.05, 3.63) is 40.2 Å². The molecule has 3 heterocycles. The summed E-state index contributed by atoms with van der Waals surface area (Å²) in [4.78, 5) is 37.1. The molecule has 1 aromatic carbocycles. The van der Waals surface area contributed by atoms with Gasteiger partial charge < -0.3 is 18.6 Å². The number of amides is 2. The molecule has 2 amide bonds. The van der Waals surface area contributed by atoms with E-state index < -0.39 is 39.8 Å². The summed E-state index contributed by atoms with van der Waals surface area (Å²) >= 11 is 0. The van der Waals surface area contributed by atoms with E-state index in [9.17, 15) is 27.4 Å². The Hall–Kier alpha value is -1.92. The Morgan fingerprint density at radius 2 is 2.03 bits per heavy atom. The number of benzene rings is 1. The molecule has 2 atom stereocenters. The topological polar surface area (TPSA) is 137 Å². The van der Waals surface area contributed by atoms with Crippen LogP contribution in [0.15, 0.2) is 33.5 Å². The molecule has 0 bridgehead atoms. The summed E-state index contributed by atoms with van der Waals surface area (Å²) < 4.78 is 44.2. The Bertz CT molecular complexity index is 1160. The van der Waals surface area contributed by atoms with Crippen LogP contribution >= 0.6 is 0 Å². The first-order valence-electron chi connectivity index (χ1n) is 8.43. The van der Waals surface area contributed by atoms with Crippen LogP contribution in [0.5, 0.6) is 5.75 Å². The molecule has 0 N–H and O–H groups in total. The van der Waals surface area contributed by atoms with E-state index >= 15 is 0 Å². The summed E-state index contributed by atoms with van der Waals surface area (Å²) in [5.74, 6) is -1.10. The van der Waals surface area contributed by atoms with Crippen molar-refractivity contribution < 1.29 is 61.3 Å². The predicted octanol–water partition coefficient (Wildman–Crippen LogP) is -3.24. The average molecular weight is 430 g/mol. The second-order valence-corrected chi connectivity index (χ2v) is 7.92. The fourth-order valence-corrected chi connectivity index (χ4v) is 4.59. The number of nitrogens with zero attached hydrogens (tertiary/aromatic N) is 2. The van der Waals surface area contributed by atoms with Gasteiger partial charge in [-0.15, -0.1) is 0 Å². The van der Waals surface area contributed by atoms with Crippen molar-refractivity contribution in [2.75, 3.05) is 13.2 Å². The molecular formula is C17H15N2NaO8S. The Balaban J connectivity index is 0.00000240. The molecule has 10 nitrogen and oxygen atoms in total. The summed E-state index contributed by atoms with van der Waals surface area (Å²) in [6, 6.07) is 4.43. The minimum absolute atomic E-state index is 0. The van der Waals surface area contributed by atoms with Crippen molar-refractivity contribution in [2.24, 2.45) is 0 Å². The standard InChI is InChI=1S/C17H16N2O8S.Na/c1-9-6-15(21)27-13-7-10(2-3-11(9)13)26-8-14(20)18-5-4-12-16(18)17(22)19(12)28(23,24)25;/h2-3,6-7,12,16H,4-5,8H2,1H3,(H,23,24,25);/q;+1/p-1/t12-,16+;/m1./s1. The Morgan fingerprint density at radius 3 is 2.72 bits per heavy atom. The van der Waals surface area contributed by atoms with Gasteiger partial charge in [-0.25, -0.2) is 17.5 Å². The van der Waals surface area contributed by atoms with Gasteiger partial charge in [-0.2, -0.15) is 0 Å². The van der Waals surface area contributed by atoms with E-state index in [0.29, 0.717) is 15.6 Å². The quantitative estimate of drug-likeness (QED) is 0.214. The van der Waals surface area contributed by atoms with Crippen LogP contribution in [-0.4, -0.2) is 59.2 Å². The Morgan fingerprint density at radius 1 is 1.31 bits per heavy atom. The molecule has 2 aromatic rings. The number of ether oxygens (including phenoxy) is 1. The number of carbonyl (C=O) groups excluding carboxylic acids is 2. The van der Waals surface area contributed by atoms with E-state index in [0.717, 1.165) is 10.9 Å². The fraction of sp³-hybridized carbons (Fsp3) is 0.353. The number of carbonyl (C=O) groups is 2. The van der Waals surface area contributed by atoms with E-state index in [1.54, 1.807) is 19.1 Å². The van der Waals surface area contributed by atoms with Crippen LogP contribution in [-0.2, 0) is 19.9 Å². The van der Waals surface area contributed by atoms with E-state index in [4.69, 9.17) is 9.15 Å². The molecule has 148 valence electrons. The molecule has 0 unspecified atom stereocenters. The molecule has 2 saturated heterocycles. The maximum Gasteiger partial charge on any atom is 1.00 e. The monoisotopic (exact) mass is 430 g/mol. The first-order chi connectivity index (χ1) is 13.2. The van der Waals surface area contributed by atoms with Gasteiger partial charge >= 0.3 is 35.2 Å². The minimum Gasteiger partial charge on any atom is -0.731 e. The smallest absolute Gasteiger partial charge is 0.731 e. The third-order valence-electron chi connectivity index (χ3n) is 4.98. The van der Waals surface area contributed by atoms with Gasteiger partial charge in [-0.1, -0.05) is 0 Å². The van der Waals surface area contributed by atoms with Gasteiger partial charge in [0.15, 0.2) is 16.9 Å². The van der Waals surface area contributed by atoms with Crippen LogP contribution in [0.4, 0.5) is 0 Å². The molecule has 12 heteroatoms. The van der Waals surface area contributed by atoms with Crippen LogP contribution in [0.2, 0.25) is 0 Å². The number of likely N-dealkylation sites (tertiary alicyclic amines) is 1. The molecule has 29 heavy (non-hydrogen) atoms. The third kappa shape index (κ3) is 3.80.